The molecule has 2 saturated heterocycles. The van der Waals surface area contributed by atoms with Crippen molar-refractivity contribution in [2.24, 2.45) is 5.92 Å². The number of alkyl halides is 3. The largest absolute Gasteiger partial charge is 0.492 e. The molecule has 0 aliphatic carbocycles. The standard InChI is InChI=1S/C26H26Cl2F4N2O4/c27-17-3-4-19(26(30,31)32)16(10-17)13-33-8-5-15(6-9-33)14-38-23-12-21(29)18(11-20(23)28)24(35)34-7-1-2-22(34)25(36)37/h3-4,10-12,15,22H,1-2,5-9,13-14H2,(H,36,37)/t22-/m0/s1. The van der Waals surface area contributed by atoms with E-state index in [1.54, 1.807) is 0 Å². The van der Waals surface area contributed by atoms with E-state index >= 15 is 0 Å². The minimum atomic E-state index is -4.47. The Morgan fingerprint density at radius 2 is 1.76 bits per heavy atom. The van der Waals surface area contributed by atoms with Gasteiger partial charge >= 0.3 is 12.1 Å². The Bertz CT molecular complexity index is 1200. The molecule has 2 aliphatic heterocycles. The van der Waals surface area contributed by atoms with E-state index in [0.717, 1.165) is 23.1 Å². The number of carbonyl (C=O) groups is 2. The molecular weight excluding hydrogens is 551 g/mol. The van der Waals surface area contributed by atoms with Crippen molar-refractivity contribution >= 4 is 35.1 Å². The summed E-state index contributed by atoms with van der Waals surface area (Å²) < 4.78 is 60.6. The van der Waals surface area contributed by atoms with Crippen molar-refractivity contribution in [3.63, 3.8) is 0 Å². The quantitative estimate of drug-likeness (QED) is 0.401. The van der Waals surface area contributed by atoms with Gasteiger partial charge in [0.05, 0.1) is 22.8 Å². The third-order valence-corrected chi connectivity index (χ3v) is 7.53. The average Bonchev–Trinajstić information content (AvgIpc) is 3.34. The molecule has 1 atom stereocenters. The normalized spacial score (nSPS) is 19.1. The van der Waals surface area contributed by atoms with E-state index in [2.05, 4.69) is 0 Å². The lowest BCUT2D eigenvalue weighted by molar-refractivity contribution is -0.141. The first kappa shape index (κ1) is 28.4. The van der Waals surface area contributed by atoms with Crippen LogP contribution < -0.4 is 4.74 Å². The van der Waals surface area contributed by atoms with Crippen molar-refractivity contribution < 1.29 is 37.0 Å². The Hall–Kier alpha value is -2.56. The fourth-order valence-corrected chi connectivity index (χ4v) is 5.37. The highest BCUT2D eigenvalue weighted by molar-refractivity contribution is 6.32. The van der Waals surface area contributed by atoms with E-state index in [1.165, 1.54) is 12.1 Å². The highest BCUT2D eigenvalue weighted by Crippen LogP contribution is 2.35. The van der Waals surface area contributed by atoms with Crippen molar-refractivity contribution in [1.82, 2.24) is 9.80 Å². The fourth-order valence-electron chi connectivity index (χ4n) is 4.95. The van der Waals surface area contributed by atoms with Crippen LogP contribution in [0.2, 0.25) is 10.0 Å². The molecule has 1 amide bonds. The summed E-state index contributed by atoms with van der Waals surface area (Å²) >= 11 is 12.2. The Labute approximate surface area is 227 Å². The molecule has 2 aromatic carbocycles. The van der Waals surface area contributed by atoms with Crippen LogP contribution in [-0.4, -0.2) is 59.1 Å². The molecule has 0 unspecified atom stereocenters. The van der Waals surface area contributed by atoms with Gasteiger partial charge in [-0.25, -0.2) is 9.18 Å². The molecule has 2 fully saturated rings. The first-order valence-corrected chi connectivity index (χ1v) is 12.9. The summed E-state index contributed by atoms with van der Waals surface area (Å²) in [6, 6.07) is 4.74. The van der Waals surface area contributed by atoms with E-state index < -0.39 is 35.5 Å². The number of benzene rings is 2. The van der Waals surface area contributed by atoms with E-state index in [-0.39, 0.29) is 52.5 Å². The van der Waals surface area contributed by atoms with Gasteiger partial charge in [-0.05, 0) is 74.5 Å². The number of halogens is 6. The lowest BCUT2D eigenvalue weighted by atomic mass is 9.96. The van der Waals surface area contributed by atoms with Gasteiger partial charge < -0.3 is 14.7 Å². The number of amides is 1. The maximum atomic E-state index is 14.8. The second-order valence-corrected chi connectivity index (χ2v) is 10.4. The summed E-state index contributed by atoms with van der Waals surface area (Å²) in [7, 11) is 0. The number of hydrogen-bond donors (Lipinski definition) is 1. The maximum absolute atomic E-state index is 14.8. The highest BCUT2D eigenvalue weighted by Gasteiger charge is 2.36. The second-order valence-electron chi connectivity index (χ2n) is 9.59. The van der Waals surface area contributed by atoms with Crippen LogP contribution in [0, 0.1) is 11.7 Å². The van der Waals surface area contributed by atoms with Gasteiger partial charge in [0.15, 0.2) is 0 Å². The van der Waals surface area contributed by atoms with E-state index in [9.17, 15) is 32.3 Å². The molecule has 0 spiro atoms. The summed E-state index contributed by atoms with van der Waals surface area (Å²) in [5.41, 5.74) is -0.891. The molecule has 206 valence electrons. The number of piperidine rings is 1. The number of aliphatic carboxylic acids is 1. The van der Waals surface area contributed by atoms with Gasteiger partial charge in [-0.1, -0.05) is 23.2 Å². The SMILES string of the molecule is O=C(O)[C@@H]1CCCN1C(=O)c1cc(Cl)c(OCC2CCN(Cc3cc(Cl)ccc3C(F)(F)F)CC2)cc1F. The number of hydrogen-bond acceptors (Lipinski definition) is 4. The summed E-state index contributed by atoms with van der Waals surface area (Å²) in [5, 5.41) is 9.57. The van der Waals surface area contributed by atoms with Crippen molar-refractivity contribution in [1.29, 1.82) is 0 Å². The topological polar surface area (TPSA) is 70.1 Å². The summed E-state index contributed by atoms with van der Waals surface area (Å²) in [5.74, 6) is -2.59. The van der Waals surface area contributed by atoms with Gasteiger partial charge in [-0.15, -0.1) is 0 Å². The number of rotatable bonds is 7. The zero-order chi connectivity index (χ0) is 27.6. The Kier molecular flexibility index (Phi) is 8.74. The van der Waals surface area contributed by atoms with Gasteiger partial charge in [0.1, 0.15) is 17.6 Å². The molecule has 2 heterocycles. The number of carboxylic acids is 1. The highest BCUT2D eigenvalue weighted by atomic mass is 35.5. The molecule has 0 aromatic heterocycles. The number of carbonyl (C=O) groups excluding carboxylic acids is 1. The van der Waals surface area contributed by atoms with Crippen LogP contribution in [0.15, 0.2) is 30.3 Å². The minimum absolute atomic E-state index is 0.0268. The molecule has 0 radical (unpaired) electrons. The van der Waals surface area contributed by atoms with Gasteiger partial charge in [0.2, 0.25) is 0 Å². The Morgan fingerprint density at radius 1 is 1.05 bits per heavy atom. The third kappa shape index (κ3) is 6.52. The summed E-state index contributed by atoms with van der Waals surface area (Å²) in [6.45, 7) is 1.66. The van der Waals surface area contributed by atoms with Crippen molar-refractivity contribution in [2.75, 3.05) is 26.2 Å². The lowest BCUT2D eigenvalue weighted by Crippen LogP contribution is -2.40. The zero-order valence-corrected chi connectivity index (χ0v) is 21.8. The van der Waals surface area contributed by atoms with Gasteiger partial charge in [0.25, 0.3) is 5.91 Å². The fraction of sp³-hybridized carbons (Fsp3) is 0.462. The molecule has 6 nitrogen and oxygen atoms in total. The van der Waals surface area contributed by atoms with Gasteiger partial charge in [-0.3, -0.25) is 9.69 Å². The first-order chi connectivity index (χ1) is 17.9. The van der Waals surface area contributed by atoms with Crippen LogP contribution in [0.3, 0.4) is 0 Å². The molecule has 1 N–H and O–H groups in total. The van der Waals surface area contributed by atoms with Crippen LogP contribution in [0.5, 0.6) is 5.75 Å². The molecule has 2 aromatic rings. The molecule has 0 saturated carbocycles. The smallest absolute Gasteiger partial charge is 0.416 e. The molecule has 38 heavy (non-hydrogen) atoms. The van der Waals surface area contributed by atoms with E-state index in [4.69, 9.17) is 27.9 Å². The van der Waals surface area contributed by atoms with Crippen LogP contribution in [-0.2, 0) is 17.5 Å². The summed E-state index contributed by atoms with van der Waals surface area (Å²) in [6.07, 6.45) is -2.33. The number of likely N-dealkylation sites (tertiary alicyclic amines) is 2. The van der Waals surface area contributed by atoms with Gasteiger partial charge in [0, 0.05) is 24.2 Å². The molecule has 12 heteroatoms. The van der Waals surface area contributed by atoms with Crippen LogP contribution in [0.1, 0.15) is 47.2 Å². The molecule has 0 bridgehead atoms. The second kappa shape index (κ2) is 11.7. The Morgan fingerprint density at radius 3 is 2.42 bits per heavy atom. The predicted octanol–water partition coefficient (Wildman–Crippen LogP) is 6.13. The number of ether oxygens (including phenoxy) is 1. The monoisotopic (exact) mass is 576 g/mol. The predicted molar refractivity (Wildman–Crippen MR) is 133 cm³/mol. The summed E-state index contributed by atoms with van der Waals surface area (Å²) in [4.78, 5) is 27.2. The Balaban J connectivity index is 1.33. The molecule has 4 rings (SSSR count). The first-order valence-electron chi connectivity index (χ1n) is 12.2. The number of carboxylic acid groups (broad SMARTS) is 1. The molecular formula is C26H26Cl2F4N2O4. The van der Waals surface area contributed by atoms with E-state index in [1.807, 2.05) is 4.90 Å². The maximum Gasteiger partial charge on any atom is 0.416 e. The third-order valence-electron chi connectivity index (χ3n) is 7.00. The lowest BCUT2D eigenvalue weighted by Gasteiger charge is -2.32. The van der Waals surface area contributed by atoms with Gasteiger partial charge in [-0.2, -0.15) is 13.2 Å². The van der Waals surface area contributed by atoms with Crippen LogP contribution in [0.25, 0.3) is 0 Å². The zero-order valence-electron chi connectivity index (χ0n) is 20.2. The van der Waals surface area contributed by atoms with Crippen LogP contribution >= 0.6 is 23.2 Å². The van der Waals surface area contributed by atoms with Crippen molar-refractivity contribution in [3.8, 4) is 5.75 Å². The number of nitrogens with zero attached hydrogens (tertiary/aromatic N) is 2. The van der Waals surface area contributed by atoms with Crippen molar-refractivity contribution in [2.45, 2.75) is 44.4 Å². The van der Waals surface area contributed by atoms with Crippen LogP contribution in [0.4, 0.5) is 17.6 Å². The van der Waals surface area contributed by atoms with E-state index in [0.29, 0.717) is 38.8 Å². The minimum Gasteiger partial charge on any atom is -0.492 e. The average molecular weight is 577 g/mol. The molecule has 2 aliphatic rings. The van der Waals surface area contributed by atoms with Crippen molar-refractivity contribution in [3.05, 3.63) is 62.9 Å².